The Hall–Kier alpha value is -3.22. The predicted octanol–water partition coefficient (Wildman–Crippen LogP) is 3.71. The maximum absolute atomic E-state index is 12.9. The lowest BCUT2D eigenvalue weighted by Crippen LogP contribution is -2.48. The minimum absolute atomic E-state index is 0.0146. The van der Waals surface area contributed by atoms with Crippen LogP contribution in [-0.2, 0) is 10.3 Å². The fourth-order valence-corrected chi connectivity index (χ4v) is 3.84. The van der Waals surface area contributed by atoms with Crippen LogP contribution in [0.2, 0.25) is 0 Å². The van der Waals surface area contributed by atoms with Gasteiger partial charge in [-0.15, -0.1) is 0 Å². The number of piperidine rings is 1. The van der Waals surface area contributed by atoms with Gasteiger partial charge in [0.25, 0.3) is 0 Å². The summed E-state index contributed by atoms with van der Waals surface area (Å²) in [7, 11) is 0. The van der Waals surface area contributed by atoms with Crippen LogP contribution in [-0.4, -0.2) is 36.7 Å². The summed E-state index contributed by atoms with van der Waals surface area (Å²) in [5.41, 5.74) is 1.19. The molecule has 2 aromatic rings. The number of benzene rings is 2. The second-order valence-corrected chi connectivity index (χ2v) is 8.24. The molecule has 1 saturated heterocycles. The first-order valence-corrected chi connectivity index (χ1v) is 10.3. The van der Waals surface area contributed by atoms with Gasteiger partial charge in [0.1, 0.15) is 0 Å². The van der Waals surface area contributed by atoms with Gasteiger partial charge < -0.3 is 25.0 Å². The van der Waals surface area contributed by atoms with Crippen molar-refractivity contribution < 1.29 is 19.1 Å². The topological polar surface area (TPSA) is 79.9 Å². The summed E-state index contributed by atoms with van der Waals surface area (Å²) in [6, 6.07) is 15.0. The van der Waals surface area contributed by atoms with Gasteiger partial charge >= 0.3 is 6.03 Å². The third-order valence-corrected chi connectivity index (χ3v) is 5.71. The number of para-hydroxylation sites is 1. The Morgan fingerprint density at radius 3 is 2.43 bits per heavy atom. The zero-order valence-electron chi connectivity index (χ0n) is 17.3. The predicted molar refractivity (Wildman–Crippen MR) is 113 cm³/mol. The fraction of sp³-hybridized carbons (Fsp3) is 0.391. The number of urea groups is 1. The van der Waals surface area contributed by atoms with E-state index in [0.717, 1.165) is 17.0 Å². The standard InChI is InChI=1S/C23H27N3O4/c1-23(2,17-8-9-19-20(14-17)30-15-29-19)25-21(27)16-10-12-26(13-11-16)22(28)24-18-6-4-3-5-7-18/h3-9,14,16H,10-13,15H2,1-2H3,(H,24,28)(H,25,27). The molecule has 158 valence electrons. The highest BCUT2D eigenvalue weighted by atomic mass is 16.7. The number of fused-ring (bicyclic) bond motifs is 1. The number of rotatable bonds is 4. The molecule has 2 aliphatic heterocycles. The summed E-state index contributed by atoms with van der Waals surface area (Å²) in [6.45, 7) is 5.29. The van der Waals surface area contributed by atoms with Gasteiger partial charge in [0, 0.05) is 24.7 Å². The number of carbonyl (C=O) groups is 2. The first-order valence-electron chi connectivity index (χ1n) is 10.3. The lowest BCUT2D eigenvalue weighted by molar-refractivity contribution is -0.128. The molecular formula is C23H27N3O4. The summed E-state index contributed by atoms with van der Waals surface area (Å²) in [5.74, 6) is 1.33. The first kappa shape index (κ1) is 20.1. The lowest BCUT2D eigenvalue weighted by atomic mass is 9.90. The number of amides is 3. The molecule has 1 fully saturated rings. The fourth-order valence-electron chi connectivity index (χ4n) is 3.84. The molecule has 2 heterocycles. The third-order valence-electron chi connectivity index (χ3n) is 5.71. The van der Waals surface area contributed by atoms with E-state index in [1.54, 1.807) is 4.90 Å². The van der Waals surface area contributed by atoms with Crippen molar-refractivity contribution in [3.8, 4) is 11.5 Å². The van der Waals surface area contributed by atoms with Crippen LogP contribution >= 0.6 is 0 Å². The number of hydrogen-bond acceptors (Lipinski definition) is 4. The highest BCUT2D eigenvalue weighted by molar-refractivity contribution is 5.89. The Labute approximate surface area is 176 Å². The number of hydrogen-bond donors (Lipinski definition) is 2. The second-order valence-electron chi connectivity index (χ2n) is 8.24. The molecule has 30 heavy (non-hydrogen) atoms. The number of ether oxygens (including phenoxy) is 2. The van der Waals surface area contributed by atoms with Crippen LogP contribution in [0.4, 0.5) is 10.5 Å². The van der Waals surface area contributed by atoms with Gasteiger partial charge in [-0.1, -0.05) is 24.3 Å². The van der Waals surface area contributed by atoms with Crippen LogP contribution in [0.3, 0.4) is 0 Å². The Morgan fingerprint density at radius 2 is 1.70 bits per heavy atom. The first-order chi connectivity index (χ1) is 14.4. The molecule has 2 aromatic carbocycles. The molecule has 0 spiro atoms. The van der Waals surface area contributed by atoms with Crippen molar-refractivity contribution in [3.05, 3.63) is 54.1 Å². The highest BCUT2D eigenvalue weighted by Crippen LogP contribution is 2.35. The van der Waals surface area contributed by atoms with Crippen LogP contribution in [0.25, 0.3) is 0 Å². The summed E-state index contributed by atoms with van der Waals surface area (Å²) in [6.07, 6.45) is 1.29. The molecule has 0 aromatic heterocycles. The number of carbonyl (C=O) groups excluding carboxylic acids is 2. The average Bonchev–Trinajstić information content (AvgIpc) is 3.22. The summed E-state index contributed by atoms with van der Waals surface area (Å²) >= 11 is 0. The van der Waals surface area contributed by atoms with Crippen LogP contribution in [0.15, 0.2) is 48.5 Å². The van der Waals surface area contributed by atoms with E-state index in [0.29, 0.717) is 31.7 Å². The largest absolute Gasteiger partial charge is 0.454 e. The molecule has 0 radical (unpaired) electrons. The average molecular weight is 409 g/mol. The number of likely N-dealkylation sites (tertiary alicyclic amines) is 1. The normalized spacial score (nSPS) is 16.3. The third kappa shape index (κ3) is 4.35. The van der Waals surface area contributed by atoms with Gasteiger partial charge in [-0.2, -0.15) is 0 Å². The summed E-state index contributed by atoms with van der Waals surface area (Å²) < 4.78 is 10.8. The molecular weight excluding hydrogens is 382 g/mol. The number of nitrogens with one attached hydrogen (secondary N) is 2. The Balaban J connectivity index is 1.31. The molecule has 2 aliphatic rings. The quantitative estimate of drug-likeness (QED) is 0.807. The molecule has 3 amide bonds. The van der Waals surface area contributed by atoms with E-state index >= 15 is 0 Å². The summed E-state index contributed by atoms with van der Waals surface area (Å²) in [4.78, 5) is 27.1. The van der Waals surface area contributed by atoms with E-state index in [-0.39, 0.29) is 24.6 Å². The molecule has 4 rings (SSSR count). The van der Waals surface area contributed by atoms with E-state index in [4.69, 9.17) is 9.47 Å². The van der Waals surface area contributed by atoms with Crippen LogP contribution in [0.1, 0.15) is 32.3 Å². The monoisotopic (exact) mass is 409 g/mol. The number of nitrogens with zero attached hydrogens (tertiary/aromatic N) is 1. The Bertz CT molecular complexity index is 921. The van der Waals surface area contributed by atoms with Crippen molar-refractivity contribution >= 4 is 17.6 Å². The van der Waals surface area contributed by atoms with Gasteiger partial charge in [0.2, 0.25) is 12.7 Å². The lowest BCUT2D eigenvalue weighted by Gasteiger charge is -2.34. The van der Waals surface area contributed by atoms with Crippen LogP contribution < -0.4 is 20.1 Å². The zero-order chi connectivity index (χ0) is 21.1. The highest BCUT2D eigenvalue weighted by Gasteiger charge is 2.32. The van der Waals surface area contributed by atoms with Crippen molar-refractivity contribution in [3.63, 3.8) is 0 Å². The molecule has 2 N–H and O–H groups in total. The molecule has 7 nitrogen and oxygen atoms in total. The van der Waals surface area contributed by atoms with Gasteiger partial charge in [0.15, 0.2) is 11.5 Å². The van der Waals surface area contributed by atoms with Crippen molar-refractivity contribution in [1.29, 1.82) is 0 Å². The van der Waals surface area contributed by atoms with Crippen LogP contribution in [0, 0.1) is 5.92 Å². The van der Waals surface area contributed by atoms with E-state index in [9.17, 15) is 9.59 Å². The molecule has 0 bridgehead atoms. The van der Waals surface area contributed by atoms with E-state index < -0.39 is 5.54 Å². The van der Waals surface area contributed by atoms with Gasteiger partial charge in [-0.3, -0.25) is 4.79 Å². The molecule has 0 aliphatic carbocycles. The zero-order valence-corrected chi connectivity index (χ0v) is 17.3. The smallest absolute Gasteiger partial charge is 0.321 e. The maximum Gasteiger partial charge on any atom is 0.321 e. The molecule has 0 atom stereocenters. The Morgan fingerprint density at radius 1 is 1.00 bits per heavy atom. The SMILES string of the molecule is CC(C)(NC(=O)C1CCN(C(=O)Nc2ccccc2)CC1)c1ccc2c(c1)OCO2. The van der Waals surface area contributed by atoms with Gasteiger partial charge in [-0.25, -0.2) is 4.79 Å². The van der Waals surface area contributed by atoms with Crippen molar-refractivity contribution in [2.75, 3.05) is 25.2 Å². The van der Waals surface area contributed by atoms with Crippen LogP contribution in [0.5, 0.6) is 11.5 Å². The van der Waals surface area contributed by atoms with E-state index in [1.165, 1.54) is 0 Å². The minimum Gasteiger partial charge on any atom is -0.454 e. The van der Waals surface area contributed by atoms with E-state index in [1.807, 2.05) is 62.4 Å². The maximum atomic E-state index is 12.9. The molecule has 7 heteroatoms. The molecule has 0 unspecified atom stereocenters. The van der Waals surface area contributed by atoms with Crippen molar-refractivity contribution in [1.82, 2.24) is 10.2 Å². The van der Waals surface area contributed by atoms with Crippen molar-refractivity contribution in [2.45, 2.75) is 32.2 Å². The second kappa shape index (κ2) is 8.26. The van der Waals surface area contributed by atoms with Crippen molar-refractivity contribution in [2.24, 2.45) is 5.92 Å². The molecule has 0 saturated carbocycles. The van der Waals surface area contributed by atoms with Gasteiger partial charge in [-0.05, 0) is 56.5 Å². The Kier molecular flexibility index (Phi) is 5.53. The summed E-state index contributed by atoms with van der Waals surface area (Å²) in [5, 5.41) is 6.06. The van der Waals surface area contributed by atoms with E-state index in [2.05, 4.69) is 10.6 Å². The number of anilines is 1. The van der Waals surface area contributed by atoms with Gasteiger partial charge in [0.05, 0.1) is 5.54 Å². The minimum atomic E-state index is -0.542.